The fourth-order valence-corrected chi connectivity index (χ4v) is 0.898. The van der Waals surface area contributed by atoms with Crippen molar-refractivity contribution in [3.63, 3.8) is 0 Å². The summed E-state index contributed by atoms with van der Waals surface area (Å²) < 4.78 is 0. The number of likely N-dealkylation sites (N-methyl/N-ethyl adjacent to an activating group) is 1. The number of amides is 1. The number of piperazine rings is 1. The van der Waals surface area contributed by atoms with Crippen LogP contribution in [0.1, 0.15) is 0 Å². The molecule has 0 aromatic rings. The largest absolute Gasteiger partial charge is 0.520 e. The van der Waals surface area contributed by atoms with Gasteiger partial charge in [-0.15, -0.1) is 0 Å². The van der Waals surface area contributed by atoms with Gasteiger partial charge in [-0.25, -0.2) is 0 Å². The molecule has 1 aliphatic heterocycles. The minimum absolute atomic E-state index is 0. The number of hydrogen-bond donors (Lipinski definition) is 0. The average molecular weight is 216 g/mol. The first kappa shape index (κ1) is 10.5. The van der Waals surface area contributed by atoms with Crippen molar-refractivity contribution in [2.24, 2.45) is 0 Å². The maximum absolute atomic E-state index is 10.0. The van der Waals surface area contributed by atoms with Crippen molar-refractivity contribution >= 4 is 6.41 Å². The van der Waals surface area contributed by atoms with E-state index < -0.39 is 0 Å². The standard InChI is InChI=1S/C6H11N2O.Y/c1-7-2-4-8(6-9)5-3-7;/h2-5H2,1H3;/q-1;. The number of rotatable bonds is 1. The van der Waals surface area contributed by atoms with Gasteiger partial charge in [0.05, 0.1) is 0 Å². The third-order valence-corrected chi connectivity index (χ3v) is 1.63. The van der Waals surface area contributed by atoms with E-state index in [0.717, 1.165) is 26.2 Å². The molecule has 1 aliphatic rings. The summed E-state index contributed by atoms with van der Waals surface area (Å²) in [4.78, 5) is 13.9. The van der Waals surface area contributed by atoms with E-state index in [1.54, 1.807) is 4.90 Å². The summed E-state index contributed by atoms with van der Waals surface area (Å²) in [5.41, 5.74) is 0. The smallest absolute Gasteiger partial charge is 0.0130 e. The molecule has 4 heteroatoms. The van der Waals surface area contributed by atoms with Crippen LogP contribution in [0, 0.1) is 0 Å². The van der Waals surface area contributed by atoms with Gasteiger partial charge in [-0.3, -0.25) is 0 Å². The Hall–Kier alpha value is 0.534. The maximum atomic E-state index is 10.0. The summed E-state index contributed by atoms with van der Waals surface area (Å²) >= 11 is 0. The Kier molecular flexibility index (Phi) is 5.50. The zero-order valence-corrected chi connectivity index (χ0v) is 9.05. The molecule has 1 heterocycles. The van der Waals surface area contributed by atoms with E-state index in [9.17, 15) is 4.79 Å². The minimum atomic E-state index is 0. The summed E-state index contributed by atoms with van der Waals surface area (Å²) in [6.45, 7) is 3.63. The summed E-state index contributed by atoms with van der Waals surface area (Å²) in [6.07, 6.45) is 1.88. The predicted octanol–water partition coefficient (Wildman–Crippen LogP) is -0.702. The summed E-state index contributed by atoms with van der Waals surface area (Å²) in [5, 5.41) is 0. The van der Waals surface area contributed by atoms with Crippen LogP contribution < -0.4 is 0 Å². The summed E-state index contributed by atoms with van der Waals surface area (Å²) in [7, 11) is 2.06. The van der Waals surface area contributed by atoms with Crippen molar-refractivity contribution in [2.75, 3.05) is 33.2 Å². The Morgan fingerprint density at radius 1 is 1.20 bits per heavy atom. The Morgan fingerprint density at radius 3 is 2.10 bits per heavy atom. The molecule has 0 aromatic heterocycles. The van der Waals surface area contributed by atoms with Crippen molar-refractivity contribution in [1.29, 1.82) is 0 Å². The molecular weight excluding hydrogens is 205 g/mol. The zero-order chi connectivity index (χ0) is 6.69. The minimum Gasteiger partial charge on any atom is -0.520 e. The second-order valence-electron chi connectivity index (χ2n) is 2.38. The van der Waals surface area contributed by atoms with Crippen LogP contribution >= 0.6 is 0 Å². The van der Waals surface area contributed by atoms with Gasteiger partial charge in [0, 0.05) is 58.9 Å². The van der Waals surface area contributed by atoms with E-state index in [1.807, 2.05) is 6.41 Å². The Bertz CT molecular complexity index is 102. The topological polar surface area (TPSA) is 23.6 Å². The molecular formula is C6H11N2OY-. The van der Waals surface area contributed by atoms with E-state index in [0.29, 0.717) is 0 Å². The van der Waals surface area contributed by atoms with Crippen molar-refractivity contribution in [2.45, 2.75) is 0 Å². The van der Waals surface area contributed by atoms with Gasteiger partial charge in [-0.2, -0.15) is 6.41 Å². The fraction of sp³-hybridized carbons (Fsp3) is 0.833. The molecule has 1 radical (unpaired) electrons. The molecule has 1 amide bonds. The molecule has 0 N–H and O–H groups in total. The first-order valence-electron chi connectivity index (χ1n) is 3.14. The van der Waals surface area contributed by atoms with E-state index in [2.05, 4.69) is 11.9 Å². The van der Waals surface area contributed by atoms with E-state index >= 15 is 0 Å². The first-order chi connectivity index (χ1) is 4.33. The Morgan fingerprint density at radius 2 is 1.70 bits per heavy atom. The van der Waals surface area contributed by atoms with Gasteiger partial charge in [0.2, 0.25) is 0 Å². The molecule has 0 unspecified atom stereocenters. The van der Waals surface area contributed by atoms with Gasteiger partial charge in [-0.05, 0) is 7.05 Å². The van der Waals surface area contributed by atoms with Crippen LogP contribution in [0.5, 0.6) is 0 Å². The van der Waals surface area contributed by atoms with Crippen LogP contribution in [0.4, 0.5) is 0 Å². The van der Waals surface area contributed by atoms with Crippen LogP contribution in [0.2, 0.25) is 0 Å². The van der Waals surface area contributed by atoms with Gasteiger partial charge in [0.1, 0.15) is 0 Å². The summed E-state index contributed by atoms with van der Waals surface area (Å²) in [5.74, 6) is 0. The van der Waals surface area contributed by atoms with E-state index in [-0.39, 0.29) is 32.7 Å². The van der Waals surface area contributed by atoms with Gasteiger partial charge in [-0.1, -0.05) is 0 Å². The second kappa shape index (κ2) is 5.22. The third-order valence-electron chi connectivity index (χ3n) is 1.63. The van der Waals surface area contributed by atoms with Crippen LogP contribution in [-0.2, 0) is 37.5 Å². The molecule has 0 atom stereocenters. The van der Waals surface area contributed by atoms with Crippen LogP contribution in [0.15, 0.2) is 0 Å². The van der Waals surface area contributed by atoms with Gasteiger partial charge in [0.25, 0.3) is 0 Å². The normalized spacial score (nSPS) is 19.9. The van der Waals surface area contributed by atoms with Crippen molar-refractivity contribution in [3.05, 3.63) is 0 Å². The SMILES string of the molecule is CN1CCN([C-]=O)CC1.[Y]. The predicted molar refractivity (Wildman–Crippen MR) is 34.8 cm³/mol. The van der Waals surface area contributed by atoms with Gasteiger partial charge in [0.15, 0.2) is 0 Å². The number of nitrogens with zero attached hydrogens (tertiary/aromatic N) is 2. The fourth-order valence-electron chi connectivity index (χ4n) is 0.898. The van der Waals surface area contributed by atoms with Crippen LogP contribution in [0.25, 0.3) is 0 Å². The summed E-state index contributed by atoms with van der Waals surface area (Å²) in [6, 6.07) is 0. The first-order valence-corrected chi connectivity index (χ1v) is 3.14. The maximum Gasteiger partial charge on any atom is 0.0130 e. The van der Waals surface area contributed by atoms with Gasteiger partial charge < -0.3 is 14.6 Å². The van der Waals surface area contributed by atoms with E-state index in [1.165, 1.54) is 0 Å². The van der Waals surface area contributed by atoms with Crippen LogP contribution in [-0.4, -0.2) is 49.4 Å². The molecule has 1 fully saturated rings. The van der Waals surface area contributed by atoms with Gasteiger partial charge >= 0.3 is 0 Å². The molecule has 1 rings (SSSR count). The quantitative estimate of drug-likeness (QED) is 0.541. The Labute approximate surface area is 86.6 Å². The molecule has 1 saturated heterocycles. The molecule has 0 spiro atoms. The monoisotopic (exact) mass is 216 g/mol. The number of carbonyl (C=O) groups excluding carboxylic acids is 1. The molecule has 55 valence electrons. The molecule has 3 nitrogen and oxygen atoms in total. The van der Waals surface area contributed by atoms with E-state index in [4.69, 9.17) is 0 Å². The molecule has 0 aliphatic carbocycles. The van der Waals surface area contributed by atoms with Crippen molar-refractivity contribution in [1.82, 2.24) is 9.80 Å². The molecule has 0 aromatic carbocycles. The second-order valence-corrected chi connectivity index (χ2v) is 2.38. The molecule has 10 heavy (non-hydrogen) atoms. The van der Waals surface area contributed by atoms with Crippen LogP contribution in [0.3, 0.4) is 0 Å². The average Bonchev–Trinajstić information content (AvgIpc) is 1.90. The molecule has 0 bridgehead atoms. The van der Waals surface area contributed by atoms with Crippen molar-refractivity contribution in [3.8, 4) is 0 Å². The Balaban J connectivity index is 0.000000810. The number of hydrogen-bond acceptors (Lipinski definition) is 2. The molecule has 0 saturated carbocycles. The van der Waals surface area contributed by atoms with Crippen molar-refractivity contribution < 1.29 is 37.5 Å². The zero-order valence-electron chi connectivity index (χ0n) is 6.21. The third kappa shape index (κ3) is 3.08.